The second-order valence-electron chi connectivity index (χ2n) is 2.65. The first-order valence-electron chi connectivity index (χ1n) is 3.74. The summed E-state index contributed by atoms with van der Waals surface area (Å²) in [5, 5.41) is 3.17. The molecule has 0 fully saturated rings. The fraction of sp³-hybridized carbons (Fsp3) is 0.222. The third-order valence-electron chi connectivity index (χ3n) is 1.89. The molecular weight excluding hydrogens is 138 g/mol. The highest BCUT2D eigenvalue weighted by Gasteiger charge is 2.14. The van der Waals surface area contributed by atoms with Gasteiger partial charge in [0, 0.05) is 24.2 Å². The molecule has 11 heavy (non-hydrogen) atoms. The van der Waals surface area contributed by atoms with Gasteiger partial charge in [-0.05, 0) is 12.1 Å². The summed E-state index contributed by atoms with van der Waals surface area (Å²) < 4.78 is 0. The number of Topliss-reactive ketones (excluding diaryl/α,β-unsaturated/α-hetero) is 1. The van der Waals surface area contributed by atoms with E-state index in [2.05, 4.69) is 5.32 Å². The number of anilines is 1. The van der Waals surface area contributed by atoms with E-state index in [0.717, 1.165) is 17.8 Å². The Balaban J connectivity index is 2.52. The number of carbonyl (C=O) groups is 1. The first-order valence-corrected chi connectivity index (χ1v) is 3.74. The van der Waals surface area contributed by atoms with Gasteiger partial charge in [-0.2, -0.15) is 0 Å². The maximum Gasteiger partial charge on any atom is 0.166 e. The van der Waals surface area contributed by atoms with Gasteiger partial charge in [-0.15, -0.1) is 0 Å². The Morgan fingerprint density at radius 1 is 1.27 bits per heavy atom. The SMILES string of the molecule is O=C1CCNc2ccccc21. The normalized spacial score (nSPS) is 15.5. The molecule has 1 aliphatic heterocycles. The standard InChI is InChI=1S/C9H9NO/c11-9-5-6-10-8-4-2-1-3-7(8)9/h1-4,10H,5-6H2. The van der Waals surface area contributed by atoms with E-state index in [4.69, 9.17) is 0 Å². The molecule has 1 aromatic carbocycles. The van der Waals surface area contributed by atoms with E-state index in [-0.39, 0.29) is 5.78 Å². The second kappa shape index (κ2) is 2.38. The van der Waals surface area contributed by atoms with E-state index >= 15 is 0 Å². The molecule has 2 nitrogen and oxygen atoms in total. The van der Waals surface area contributed by atoms with Crippen LogP contribution in [-0.2, 0) is 0 Å². The van der Waals surface area contributed by atoms with Crippen LogP contribution in [0.25, 0.3) is 0 Å². The molecule has 1 heterocycles. The summed E-state index contributed by atoms with van der Waals surface area (Å²) in [5.74, 6) is 0.249. The number of rotatable bonds is 0. The van der Waals surface area contributed by atoms with Crippen LogP contribution in [0.3, 0.4) is 0 Å². The van der Waals surface area contributed by atoms with Gasteiger partial charge in [0.1, 0.15) is 0 Å². The van der Waals surface area contributed by atoms with E-state index in [9.17, 15) is 4.79 Å². The lowest BCUT2D eigenvalue weighted by atomic mass is 10.0. The number of para-hydroxylation sites is 1. The van der Waals surface area contributed by atoms with Crippen LogP contribution in [-0.4, -0.2) is 12.3 Å². The molecule has 2 heteroatoms. The Labute approximate surface area is 65.2 Å². The highest BCUT2D eigenvalue weighted by Crippen LogP contribution is 2.20. The Bertz CT molecular complexity index is 293. The van der Waals surface area contributed by atoms with Crippen molar-refractivity contribution in [2.75, 3.05) is 11.9 Å². The predicted molar refractivity (Wildman–Crippen MR) is 43.9 cm³/mol. The zero-order chi connectivity index (χ0) is 7.68. The van der Waals surface area contributed by atoms with Crippen molar-refractivity contribution in [2.24, 2.45) is 0 Å². The molecule has 0 saturated carbocycles. The fourth-order valence-corrected chi connectivity index (χ4v) is 1.33. The van der Waals surface area contributed by atoms with Crippen molar-refractivity contribution in [1.29, 1.82) is 0 Å². The first kappa shape index (κ1) is 6.40. The topological polar surface area (TPSA) is 29.1 Å². The van der Waals surface area contributed by atoms with Gasteiger partial charge in [0.15, 0.2) is 5.78 Å². The van der Waals surface area contributed by atoms with Crippen LogP contribution >= 0.6 is 0 Å². The number of carbonyl (C=O) groups excluding carboxylic acids is 1. The lowest BCUT2D eigenvalue weighted by Gasteiger charge is -2.15. The molecule has 0 spiro atoms. The highest BCUT2D eigenvalue weighted by molar-refractivity contribution is 6.02. The number of fused-ring (bicyclic) bond motifs is 1. The fourth-order valence-electron chi connectivity index (χ4n) is 1.33. The average molecular weight is 147 g/mol. The second-order valence-corrected chi connectivity index (χ2v) is 2.65. The number of nitrogens with one attached hydrogen (secondary N) is 1. The van der Waals surface area contributed by atoms with Gasteiger partial charge in [-0.25, -0.2) is 0 Å². The Kier molecular flexibility index (Phi) is 1.39. The molecule has 0 aliphatic carbocycles. The summed E-state index contributed by atoms with van der Waals surface area (Å²) in [5.41, 5.74) is 1.81. The molecule has 0 bridgehead atoms. The van der Waals surface area contributed by atoms with Crippen LogP contribution < -0.4 is 5.32 Å². The van der Waals surface area contributed by atoms with Crippen LogP contribution in [0.2, 0.25) is 0 Å². The van der Waals surface area contributed by atoms with Crippen molar-refractivity contribution in [2.45, 2.75) is 6.42 Å². The van der Waals surface area contributed by atoms with E-state index in [1.54, 1.807) is 0 Å². The van der Waals surface area contributed by atoms with Gasteiger partial charge in [0.05, 0.1) is 0 Å². The minimum absolute atomic E-state index is 0.249. The number of benzene rings is 1. The van der Waals surface area contributed by atoms with Crippen LogP contribution in [0, 0.1) is 0 Å². The molecule has 56 valence electrons. The summed E-state index contributed by atoms with van der Waals surface area (Å²) in [6.07, 6.45) is 0.622. The summed E-state index contributed by atoms with van der Waals surface area (Å²) in [7, 11) is 0. The van der Waals surface area contributed by atoms with Gasteiger partial charge in [0.25, 0.3) is 0 Å². The predicted octanol–water partition coefficient (Wildman–Crippen LogP) is 1.68. The molecule has 0 amide bonds. The number of hydrogen-bond acceptors (Lipinski definition) is 2. The molecular formula is C9H9NO. The van der Waals surface area contributed by atoms with Crippen LogP contribution in [0.4, 0.5) is 5.69 Å². The monoisotopic (exact) mass is 147 g/mol. The van der Waals surface area contributed by atoms with Crippen molar-refractivity contribution in [3.8, 4) is 0 Å². The van der Waals surface area contributed by atoms with Crippen molar-refractivity contribution in [1.82, 2.24) is 0 Å². The third-order valence-corrected chi connectivity index (χ3v) is 1.89. The third kappa shape index (κ3) is 1.00. The summed E-state index contributed by atoms with van der Waals surface area (Å²) in [6.45, 7) is 0.774. The zero-order valence-corrected chi connectivity index (χ0v) is 6.13. The minimum atomic E-state index is 0.249. The van der Waals surface area contributed by atoms with Gasteiger partial charge in [-0.1, -0.05) is 12.1 Å². The Hall–Kier alpha value is -1.31. The molecule has 0 unspecified atom stereocenters. The molecule has 0 saturated heterocycles. The molecule has 1 N–H and O–H groups in total. The van der Waals surface area contributed by atoms with Gasteiger partial charge < -0.3 is 5.32 Å². The van der Waals surface area contributed by atoms with Gasteiger partial charge >= 0.3 is 0 Å². The molecule has 1 aliphatic rings. The summed E-state index contributed by atoms with van der Waals surface area (Å²) >= 11 is 0. The number of hydrogen-bond donors (Lipinski definition) is 1. The van der Waals surface area contributed by atoms with Crippen LogP contribution in [0.5, 0.6) is 0 Å². The Morgan fingerprint density at radius 2 is 2.09 bits per heavy atom. The van der Waals surface area contributed by atoms with Crippen molar-refractivity contribution >= 4 is 11.5 Å². The molecule has 0 radical (unpaired) electrons. The zero-order valence-electron chi connectivity index (χ0n) is 6.13. The first-order chi connectivity index (χ1) is 5.38. The van der Waals surface area contributed by atoms with Crippen LogP contribution in [0.15, 0.2) is 24.3 Å². The quantitative estimate of drug-likeness (QED) is 0.605. The minimum Gasteiger partial charge on any atom is -0.384 e. The average Bonchev–Trinajstić information content (AvgIpc) is 2.06. The lowest BCUT2D eigenvalue weighted by Crippen LogP contribution is -2.17. The van der Waals surface area contributed by atoms with Crippen molar-refractivity contribution in [3.63, 3.8) is 0 Å². The largest absolute Gasteiger partial charge is 0.384 e. The molecule has 2 rings (SSSR count). The van der Waals surface area contributed by atoms with Crippen molar-refractivity contribution in [3.05, 3.63) is 29.8 Å². The molecule has 0 atom stereocenters. The smallest absolute Gasteiger partial charge is 0.166 e. The maximum atomic E-state index is 11.2. The lowest BCUT2D eigenvalue weighted by molar-refractivity contribution is 0.0984. The Morgan fingerprint density at radius 3 is 2.91 bits per heavy atom. The van der Waals surface area contributed by atoms with E-state index in [1.165, 1.54) is 0 Å². The maximum absolute atomic E-state index is 11.2. The highest BCUT2D eigenvalue weighted by atomic mass is 16.1. The molecule has 1 aromatic rings. The van der Waals surface area contributed by atoms with E-state index in [1.807, 2.05) is 24.3 Å². The van der Waals surface area contributed by atoms with E-state index < -0.39 is 0 Å². The number of ketones is 1. The summed E-state index contributed by atoms with van der Waals surface area (Å²) in [6, 6.07) is 7.63. The van der Waals surface area contributed by atoms with Gasteiger partial charge in [0.2, 0.25) is 0 Å². The van der Waals surface area contributed by atoms with E-state index in [0.29, 0.717) is 6.42 Å². The molecule has 0 aromatic heterocycles. The van der Waals surface area contributed by atoms with Gasteiger partial charge in [-0.3, -0.25) is 4.79 Å². The summed E-state index contributed by atoms with van der Waals surface area (Å²) in [4.78, 5) is 11.2. The van der Waals surface area contributed by atoms with Crippen molar-refractivity contribution < 1.29 is 4.79 Å². The van der Waals surface area contributed by atoms with Crippen LogP contribution in [0.1, 0.15) is 16.8 Å².